The van der Waals surface area contributed by atoms with Crippen LogP contribution in [0.5, 0.6) is 5.75 Å². The molecule has 162 valence electrons. The fraction of sp³-hybridized carbons (Fsp3) is 0.160. The lowest BCUT2D eigenvalue weighted by molar-refractivity contribution is -0.116. The summed E-state index contributed by atoms with van der Waals surface area (Å²) in [5.41, 5.74) is 4.22. The zero-order chi connectivity index (χ0) is 22.8. The molecule has 0 radical (unpaired) electrons. The van der Waals surface area contributed by atoms with Gasteiger partial charge >= 0.3 is 0 Å². The molecule has 1 aliphatic heterocycles. The van der Waals surface area contributed by atoms with Crippen molar-refractivity contribution < 1.29 is 9.53 Å². The average Bonchev–Trinajstić information content (AvgIpc) is 3.19. The number of anilines is 1. The number of amides is 1. The highest BCUT2D eigenvalue weighted by molar-refractivity contribution is 5.95. The Kier molecular flexibility index (Phi) is 5.29. The van der Waals surface area contributed by atoms with Crippen LogP contribution < -0.4 is 10.1 Å². The van der Waals surface area contributed by atoms with E-state index < -0.39 is 0 Å². The molecule has 2 aromatic carbocycles. The molecule has 4 aromatic rings. The largest absolute Gasteiger partial charge is 0.481 e. The number of nitrogens with one attached hydrogen (secondary N) is 1. The van der Waals surface area contributed by atoms with Gasteiger partial charge in [0, 0.05) is 23.5 Å². The van der Waals surface area contributed by atoms with Crippen molar-refractivity contribution in [3.63, 3.8) is 0 Å². The number of aryl methyl sites for hydroxylation is 1. The maximum absolute atomic E-state index is 12.7. The van der Waals surface area contributed by atoms with Crippen LogP contribution in [0.25, 0.3) is 17.2 Å². The summed E-state index contributed by atoms with van der Waals surface area (Å²) in [6, 6.07) is 17.3. The first-order valence-corrected chi connectivity index (χ1v) is 10.4. The predicted molar refractivity (Wildman–Crippen MR) is 123 cm³/mol. The van der Waals surface area contributed by atoms with Gasteiger partial charge < -0.3 is 10.1 Å². The first kappa shape index (κ1) is 20.4. The van der Waals surface area contributed by atoms with Gasteiger partial charge in [-0.3, -0.25) is 4.79 Å². The number of terminal acetylenes is 1. The van der Waals surface area contributed by atoms with Crippen LogP contribution in [0.1, 0.15) is 29.2 Å². The highest BCUT2D eigenvalue weighted by Crippen LogP contribution is 2.40. The first-order chi connectivity index (χ1) is 16.1. The Morgan fingerprint density at radius 1 is 1.21 bits per heavy atom. The summed E-state index contributed by atoms with van der Waals surface area (Å²) in [7, 11) is 0. The van der Waals surface area contributed by atoms with E-state index in [9.17, 15) is 4.79 Å². The fourth-order valence-corrected chi connectivity index (χ4v) is 4.05. The normalized spacial score (nSPS) is 14.8. The van der Waals surface area contributed by atoms with Gasteiger partial charge in [-0.25, -0.2) is 4.98 Å². The van der Waals surface area contributed by atoms with Gasteiger partial charge in [0.05, 0.1) is 17.6 Å². The van der Waals surface area contributed by atoms with E-state index in [1.165, 1.54) is 0 Å². The van der Waals surface area contributed by atoms with Crippen molar-refractivity contribution in [2.75, 3.05) is 11.9 Å². The Labute approximate surface area is 190 Å². The maximum Gasteiger partial charge on any atom is 0.272 e. The number of rotatable bonds is 5. The highest BCUT2D eigenvalue weighted by Gasteiger charge is 2.33. The molecule has 8 nitrogen and oxygen atoms in total. The Bertz CT molecular complexity index is 1370. The summed E-state index contributed by atoms with van der Waals surface area (Å²) in [5, 5.41) is 15.9. The van der Waals surface area contributed by atoms with Gasteiger partial charge in [-0.1, -0.05) is 48.4 Å². The summed E-state index contributed by atoms with van der Waals surface area (Å²) < 4.78 is 7.12. The molecular weight excluding hydrogens is 416 g/mol. The molecular formula is C25H20N6O2. The number of hydrogen-bond acceptors (Lipinski definition) is 6. The molecule has 5 rings (SSSR count). The quantitative estimate of drug-likeness (QED) is 0.481. The van der Waals surface area contributed by atoms with Crippen LogP contribution in [0.3, 0.4) is 0 Å². The van der Waals surface area contributed by atoms with Gasteiger partial charge in [0.15, 0.2) is 0 Å². The van der Waals surface area contributed by atoms with Gasteiger partial charge in [0.25, 0.3) is 5.95 Å². The maximum atomic E-state index is 12.7. The zero-order valence-electron chi connectivity index (χ0n) is 17.9. The summed E-state index contributed by atoms with van der Waals surface area (Å²) in [4.78, 5) is 17.3. The number of fused-ring (bicyclic) bond motifs is 1. The fourth-order valence-electron chi connectivity index (χ4n) is 4.05. The summed E-state index contributed by atoms with van der Waals surface area (Å²) in [5.74, 6) is 3.65. The van der Waals surface area contributed by atoms with Crippen LogP contribution in [0, 0.1) is 19.3 Å². The van der Waals surface area contributed by atoms with Crippen LogP contribution in [0.2, 0.25) is 0 Å². The van der Waals surface area contributed by atoms with Crippen molar-refractivity contribution in [2.24, 2.45) is 0 Å². The van der Waals surface area contributed by atoms with Crippen LogP contribution >= 0.6 is 0 Å². The molecule has 0 bridgehead atoms. The SMILES string of the molecule is C#CCOc1cccc([C@H]2CC(=O)Nc3c2c(C)nn3-c2nncc(-c3ccccc3)n2)c1. The second-order valence-electron chi connectivity index (χ2n) is 7.64. The molecule has 3 heterocycles. The minimum atomic E-state index is -0.192. The number of aromatic nitrogens is 5. The molecule has 0 fully saturated rings. The Morgan fingerprint density at radius 3 is 2.88 bits per heavy atom. The van der Waals surface area contributed by atoms with E-state index in [1.807, 2.05) is 61.5 Å². The van der Waals surface area contributed by atoms with Crippen molar-refractivity contribution in [2.45, 2.75) is 19.3 Å². The van der Waals surface area contributed by atoms with Gasteiger partial charge in [-0.2, -0.15) is 14.9 Å². The number of carbonyl (C=O) groups is 1. The second kappa shape index (κ2) is 8.55. The van der Waals surface area contributed by atoms with E-state index in [1.54, 1.807) is 10.9 Å². The van der Waals surface area contributed by atoms with E-state index in [2.05, 4.69) is 31.5 Å². The molecule has 1 amide bonds. The molecule has 0 spiro atoms. The average molecular weight is 436 g/mol. The van der Waals surface area contributed by atoms with E-state index in [-0.39, 0.29) is 24.4 Å². The third-order valence-corrected chi connectivity index (χ3v) is 5.49. The minimum absolute atomic E-state index is 0.115. The van der Waals surface area contributed by atoms with Crippen LogP contribution in [0.15, 0.2) is 60.8 Å². The molecule has 1 N–H and O–H groups in total. The van der Waals surface area contributed by atoms with Gasteiger partial charge in [0.2, 0.25) is 5.91 Å². The van der Waals surface area contributed by atoms with E-state index in [0.29, 0.717) is 23.7 Å². The Balaban J connectivity index is 1.57. The lowest BCUT2D eigenvalue weighted by Gasteiger charge is -2.24. The lowest BCUT2D eigenvalue weighted by atomic mass is 9.86. The van der Waals surface area contributed by atoms with Crippen LogP contribution in [-0.4, -0.2) is 37.5 Å². The smallest absolute Gasteiger partial charge is 0.272 e. The van der Waals surface area contributed by atoms with Crippen molar-refractivity contribution in [1.29, 1.82) is 0 Å². The lowest BCUT2D eigenvalue weighted by Crippen LogP contribution is -2.25. The minimum Gasteiger partial charge on any atom is -0.481 e. The van der Waals surface area contributed by atoms with Crippen molar-refractivity contribution >= 4 is 11.7 Å². The Hall–Kier alpha value is -4.51. The molecule has 0 saturated heterocycles. The summed E-state index contributed by atoms with van der Waals surface area (Å²) in [6.45, 7) is 2.09. The van der Waals surface area contributed by atoms with Crippen LogP contribution in [0.4, 0.5) is 5.82 Å². The van der Waals surface area contributed by atoms with Crippen molar-refractivity contribution in [1.82, 2.24) is 25.0 Å². The topological polar surface area (TPSA) is 94.8 Å². The highest BCUT2D eigenvalue weighted by atomic mass is 16.5. The Morgan fingerprint density at radius 2 is 2.06 bits per heavy atom. The van der Waals surface area contributed by atoms with Crippen molar-refractivity contribution in [3.05, 3.63) is 77.6 Å². The van der Waals surface area contributed by atoms with Crippen LogP contribution in [-0.2, 0) is 4.79 Å². The van der Waals surface area contributed by atoms with Gasteiger partial charge in [-0.05, 0) is 24.6 Å². The molecule has 0 unspecified atom stereocenters. The molecule has 0 saturated carbocycles. The molecule has 8 heteroatoms. The standard InChI is InChI=1S/C25H20N6O2/c1-3-12-33-19-11-7-10-18(13-19)20-14-22(32)28-24-23(20)16(2)30-31(24)25-27-21(15-26-29-25)17-8-5-4-6-9-17/h1,4-11,13,15,20H,12,14H2,2H3,(H,28,32)/t20-/m1/s1. The molecule has 0 aliphatic carbocycles. The van der Waals surface area contributed by atoms with Gasteiger partial charge in [-0.15, -0.1) is 11.5 Å². The summed E-state index contributed by atoms with van der Waals surface area (Å²) >= 11 is 0. The molecule has 2 aromatic heterocycles. The molecule has 33 heavy (non-hydrogen) atoms. The van der Waals surface area contributed by atoms with E-state index in [4.69, 9.17) is 11.2 Å². The monoisotopic (exact) mass is 436 g/mol. The predicted octanol–water partition coefficient (Wildman–Crippen LogP) is 3.52. The van der Waals surface area contributed by atoms with E-state index in [0.717, 1.165) is 22.4 Å². The number of benzene rings is 2. The second-order valence-corrected chi connectivity index (χ2v) is 7.64. The molecule has 1 atom stereocenters. The number of carbonyl (C=O) groups excluding carboxylic acids is 1. The number of hydrogen-bond donors (Lipinski definition) is 1. The number of ether oxygens (including phenoxy) is 1. The van der Waals surface area contributed by atoms with E-state index >= 15 is 0 Å². The van der Waals surface area contributed by atoms with Gasteiger partial charge in [0.1, 0.15) is 18.2 Å². The third kappa shape index (κ3) is 3.92. The van der Waals surface area contributed by atoms with Crippen molar-refractivity contribution in [3.8, 4) is 35.3 Å². The third-order valence-electron chi connectivity index (χ3n) is 5.49. The zero-order valence-corrected chi connectivity index (χ0v) is 17.9. The number of nitrogens with zero attached hydrogens (tertiary/aromatic N) is 5. The first-order valence-electron chi connectivity index (χ1n) is 10.4. The molecule has 1 aliphatic rings. The summed E-state index contributed by atoms with van der Waals surface area (Å²) in [6.07, 6.45) is 7.20.